The molecule has 0 saturated carbocycles. The predicted octanol–water partition coefficient (Wildman–Crippen LogP) is 3.83. The molecule has 2 heterocycles. The standard InChI is InChI=1S/C17H15BrF3N3O/c18-14-4-1-12(2-5-14)16(25)24-9-7-23(8-10-24)15-6-3-13(11-22-15)17(19,20)21/h1-6,11H,7-10H2. The van der Waals surface area contributed by atoms with Gasteiger partial charge in [0.15, 0.2) is 0 Å². The summed E-state index contributed by atoms with van der Waals surface area (Å²) in [5.74, 6) is 0.441. The summed E-state index contributed by atoms with van der Waals surface area (Å²) < 4.78 is 38.7. The van der Waals surface area contributed by atoms with Crippen molar-refractivity contribution in [2.75, 3.05) is 31.1 Å². The molecule has 0 atom stereocenters. The smallest absolute Gasteiger partial charge is 0.353 e. The van der Waals surface area contributed by atoms with Crippen molar-refractivity contribution in [2.45, 2.75) is 6.18 Å². The van der Waals surface area contributed by atoms with Gasteiger partial charge in [0.05, 0.1) is 5.56 Å². The molecule has 3 rings (SSSR count). The van der Waals surface area contributed by atoms with Crippen LogP contribution in [0.4, 0.5) is 19.0 Å². The van der Waals surface area contributed by atoms with Gasteiger partial charge < -0.3 is 9.80 Å². The summed E-state index contributed by atoms with van der Waals surface area (Å²) in [4.78, 5) is 20.0. The molecule has 0 N–H and O–H groups in total. The molecule has 2 aromatic rings. The van der Waals surface area contributed by atoms with E-state index >= 15 is 0 Å². The number of anilines is 1. The van der Waals surface area contributed by atoms with Crippen LogP contribution in [-0.2, 0) is 6.18 Å². The molecule has 1 aromatic carbocycles. The Balaban J connectivity index is 1.61. The van der Waals surface area contributed by atoms with E-state index in [4.69, 9.17) is 0 Å². The van der Waals surface area contributed by atoms with Crippen molar-refractivity contribution in [3.05, 3.63) is 58.2 Å². The van der Waals surface area contributed by atoms with Crippen LogP contribution < -0.4 is 4.90 Å². The van der Waals surface area contributed by atoms with Gasteiger partial charge in [0.1, 0.15) is 5.82 Å². The first-order chi connectivity index (χ1) is 11.8. The van der Waals surface area contributed by atoms with Gasteiger partial charge in [-0.15, -0.1) is 0 Å². The Labute approximate surface area is 151 Å². The van der Waals surface area contributed by atoms with Gasteiger partial charge in [-0.3, -0.25) is 4.79 Å². The highest BCUT2D eigenvalue weighted by molar-refractivity contribution is 9.10. The average Bonchev–Trinajstić information content (AvgIpc) is 2.61. The molecule has 1 amide bonds. The summed E-state index contributed by atoms with van der Waals surface area (Å²) in [6.45, 7) is 2.05. The van der Waals surface area contributed by atoms with E-state index in [1.165, 1.54) is 6.07 Å². The monoisotopic (exact) mass is 413 g/mol. The third kappa shape index (κ3) is 4.12. The van der Waals surface area contributed by atoms with E-state index < -0.39 is 11.7 Å². The second kappa shape index (κ2) is 7.03. The van der Waals surface area contributed by atoms with E-state index in [2.05, 4.69) is 20.9 Å². The molecule has 1 saturated heterocycles. The van der Waals surface area contributed by atoms with Crippen LogP contribution in [0.25, 0.3) is 0 Å². The Kier molecular flexibility index (Phi) is 4.99. The van der Waals surface area contributed by atoms with Crippen LogP contribution in [0.2, 0.25) is 0 Å². The number of aromatic nitrogens is 1. The van der Waals surface area contributed by atoms with Gasteiger partial charge in [-0.25, -0.2) is 4.98 Å². The molecule has 0 radical (unpaired) electrons. The maximum atomic E-state index is 12.6. The molecule has 132 valence electrons. The molecule has 0 aliphatic carbocycles. The summed E-state index contributed by atoms with van der Waals surface area (Å²) in [5, 5.41) is 0. The Morgan fingerprint density at radius 1 is 1.00 bits per heavy atom. The molecule has 25 heavy (non-hydrogen) atoms. The van der Waals surface area contributed by atoms with Gasteiger partial charge >= 0.3 is 6.18 Å². The fourth-order valence-corrected chi connectivity index (χ4v) is 2.92. The summed E-state index contributed by atoms with van der Waals surface area (Å²) in [5.41, 5.74) is -0.149. The van der Waals surface area contributed by atoms with Crippen molar-refractivity contribution in [1.29, 1.82) is 0 Å². The van der Waals surface area contributed by atoms with E-state index in [-0.39, 0.29) is 5.91 Å². The van der Waals surface area contributed by atoms with Crippen LogP contribution >= 0.6 is 15.9 Å². The molecule has 1 aliphatic heterocycles. The van der Waals surface area contributed by atoms with Crippen LogP contribution in [0.5, 0.6) is 0 Å². The minimum atomic E-state index is -4.39. The van der Waals surface area contributed by atoms with Crippen LogP contribution in [-0.4, -0.2) is 42.0 Å². The van der Waals surface area contributed by atoms with Gasteiger partial charge in [-0.1, -0.05) is 15.9 Å². The van der Waals surface area contributed by atoms with Gasteiger partial charge in [0, 0.05) is 42.4 Å². The Bertz CT molecular complexity index is 739. The number of carbonyl (C=O) groups is 1. The maximum Gasteiger partial charge on any atom is 0.417 e. The zero-order valence-corrected chi connectivity index (χ0v) is 14.7. The molecule has 0 bridgehead atoms. The lowest BCUT2D eigenvalue weighted by atomic mass is 10.2. The Morgan fingerprint density at radius 3 is 2.16 bits per heavy atom. The third-order valence-corrected chi connectivity index (χ3v) is 4.59. The number of piperazine rings is 1. The highest BCUT2D eigenvalue weighted by Crippen LogP contribution is 2.29. The van der Waals surface area contributed by atoms with Crippen molar-refractivity contribution in [3.8, 4) is 0 Å². The average molecular weight is 414 g/mol. The fourth-order valence-electron chi connectivity index (χ4n) is 2.65. The van der Waals surface area contributed by atoms with Crippen molar-refractivity contribution >= 4 is 27.7 Å². The number of pyridine rings is 1. The highest BCUT2D eigenvalue weighted by Gasteiger charge is 2.31. The SMILES string of the molecule is O=C(c1ccc(Br)cc1)N1CCN(c2ccc(C(F)(F)F)cn2)CC1. The number of halogens is 4. The van der Waals surface area contributed by atoms with Gasteiger partial charge in [-0.2, -0.15) is 13.2 Å². The molecular formula is C17H15BrF3N3O. The number of amides is 1. The van der Waals surface area contributed by atoms with Crippen LogP contribution in [0.3, 0.4) is 0 Å². The number of rotatable bonds is 2. The van der Waals surface area contributed by atoms with E-state index in [0.29, 0.717) is 37.6 Å². The molecular weight excluding hydrogens is 399 g/mol. The first-order valence-corrected chi connectivity index (χ1v) is 8.47. The van der Waals surface area contributed by atoms with E-state index in [1.807, 2.05) is 17.0 Å². The molecule has 1 aromatic heterocycles. The van der Waals surface area contributed by atoms with E-state index in [9.17, 15) is 18.0 Å². The molecule has 1 aliphatic rings. The molecule has 0 spiro atoms. The first-order valence-electron chi connectivity index (χ1n) is 7.67. The molecule has 0 unspecified atom stereocenters. The second-order valence-electron chi connectivity index (χ2n) is 5.69. The minimum absolute atomic E-state index is 0.0486. The Morgan fingerprint density at radius 2 is 1.64 bits per heavy atom. The van der Waals surface area contributed by atoms with Crippen LogP contribution in [0, 0.1) is 0 Å². The normalized spacial score (nSPS) is 15.4. The quantitative estimate of drug-likeness (QED) is 0.750. The number of nitrogens with zero attached hydrogens (tertiary/aromatic N) is 3. The van der Waals surface area contributed by atoms with Gasteiger partial charge in [-0.05, 0) is 36.4 Å². The Hall–Kier alpha value is -2.09. The lowest BCUT2D eigenvalue weighted by molar-refractivity contribution is -0.137. The van der Waals surface area contributed by atoms with Crippen molar-refractivity contribution in [1.82, 2.24) is 9.88 Å². The van der Waals surface area contributed by atoms with E-state index in [1.54, 1.807) is 17.0 Å². The number of carbonyl (C=O) groups excluding carboxylic acids is 1. The summed E-state index contributed by atoms with van der Waals surface area (Å²) in [6, 6.07) is 9.55. The lowest BCUT2D eigenvalue weighted by Gasteiger charge is -2.35. The largest absolute Gasteiger partial charge is 0.417 e. The maximum absolute atomic E-state index is 12.6. The summed E-state index contributed by atoms with van der Waals surface area (Å²) in [7, 11) is 0. The van der Waals surface area contributed by atoms with Crippen molar-refractivity contribution in [2.24, 2.45) is 0 Å². The molecule has 8 heteroatoms. The number of hydrogen-bond acceptors (Lipinski definition) is 3. The van der Waals surface area contributed by atoms with Crippen molar-refractivity contribution < 1.29 is 18.0 Å². The van der Waals surface area contributed by atoms with Gasteiger partial charge in [0.2, 0.25) is 0 Å². The highest BCUT2D eigenvalue weighted by atomic mass is 79.9. The molecule has 1 fully saturated rings. The van der Waals surface area contributed by atoms with E-state index in [0.717, 1.165) is 16.7 Å². The third-order valence-electron chi connectivity index (χ3n) is 4.06. The summed E-state index contributed by atoms with van der Waals surface area (Å²) in [6.07, 6.45) is -3.55. The predicted molar refractivity (Wildman–Crippen MR) is 91.5 cm³/mol. The number of alkyl halides is 3. The topological polar surface area (TPSA) is 36.4 Å². The first kappa shape index (κ1) is 17.7. The fraction of sp³-hybridized carbons (Fsp3) is 0.294. The van der Waals surface area contributed by atoms with Crippen LogP contribution in [0.15, 0.2) is 47.1 Å². The number of hydrogen-bond donors (Lipinski definition) is 0. The summed E-state index contributed by atoms with van der Waals surface area (Å²) >= 11 is 3.33. The zero-order valence-electron chi connectivity index (χ0n) is 13.1. The second-order valence-corrected chi connectivity index (χ2v) is 6.60. The minimum Gasteiger partial charge on any atom is -0.353 e. The molecule has 4 nitrogen and oxygen atoms in total. The zero-order chi connectivity index (χ0) is 18.0. The van der Waals surface area contributed by atoms with Crippen LogP contribution in [0.1, 0.15) is 15.9 Å². The number of benzene rings is 1. The van der Waals surface area contributed by atoms with Gasteiger partial charge in [0.25, 0.3) is 5.91 Å². The lowest BCUT2D eigenvalue weighted by Crippen LogP contribution is -2.49. The van der Waals surface area contributed by atoms with Crippen molar-refractivity contribution in [3.63, 3.8) is 0 Å².